The van der Waals surface area contributed by atoms with Crippen LogP contribution in [0.5, 0.6) is 0 Å². The molecule has 1 aliphatic heterocycles. The van der Waals surface area contributed by atoms with Gasteiger partial charge >= 0.3 is 0 Å². The summed E-state index contributed by atoms with van der Waals surface area (Å²) in [6, 6.07) is 0.298. The van der Waals surface area contributed by atoms with Gasteiger partial charge in [-0.1, -0.05) is 6.92 Å². The normalized spacial score (nSPS) is 21.1. The molecule has 1 aliphatic rings. The van der Waals surface area contributed by atoms with Crippen LogP contribution in [0.4, 0.5) is 0 Å². The number of amides is 1. The maximum absolute atomic E-state index is 13.0. The zero-order chi connectivity index (χ0) is 18.8. The van der Waals surface area contributed by atoms with Gasteiger partial charge in [0.1, 0.15) is 0 Å². The van der Waals surface area contributed by atoms with Crippen molar-refractivity contribution < 1.29 is 4.79 Å². The van der Waals surface area contributed by atoms with E-state index in [1.165, 1.54) is 5.56 Å². The van der Waals surface area contributed by atoms with E-state index in [9.17, 15) is 4.79 Å². The van der Waals surface area contributed by atoms with Crippen molar-refractivity contribution in [3.05, 3.63) is 35.4 Å². The summed E-state index contributed by atoms with van der Waals surface area (Å²) in [5, 5.41) is 8.75. The molecule has 1 fully saturated rings. The smallest absolute Gasteiger partial charge is 0.257 e. The third kappa shape index (κ3) is 3.67. The number of aromatic nitrogens is 4. The van der Waals surface area contributed by atoms with Gasteiger partial charge in [-0.15, -0.1) is 0 Å². The molecule has 0 aliphatic carbocycles. The summed E-state index contributed by atoms with van der Waals surface area (Å²) >= 11 is 0. The van der Waals surface area contributed by atoms with E-state index in [1.807, 2.05) is 50.0 Å². The highest BCUT2D eigenvalue weighted by Crippen LogP contribution is 2.35. The second-order valence-electron chi connectivity index (χ2n) is 7.48. The highest BCUT2D eigenvalue weighted by molar-refractivity contribution is 5.95. The van der Waals surface area contributed by atoms with Gasteiger partial charge in [-0.25, -0.2) is 0 Å². The Labute approximate surface area is 155 Å². The highest BCUT2D eigenvalue weighted by atomic mass is 16.2. The molecule has 1 amide bonds. The minimum Gasteiger partial charge on any atom is -0.341 e. The molecular formula is C19H30N6O. The van der Waals surface area contributed by atoms with Gasteiger partial charge in [0.2, 0.25) is 0 Å². The maximum Gasteiger partial charge on any atom is 0.257 e. The Morgan fingerprint density at radius 3 is 2.69 bits per heavy atom. The molecule has 1 saturated heterocycles. The Balaban J connectivity index is 1.77. The van der Waals surface area contributed by atoms with Crippen molar-refractivity contribution in [2.24, 2.45) is 20.0 Å². The fourth-order valence-corrected chi connectivity index (χ4v) is 4.18. The number of nitrogens with zero attached hydrogens (tertiary/aromatic N) is 6. The van der Waals surface area contributed by atoms with Crippen LogP contribution in [-0.2, 0) is 20.5 Å². The van der Waals surface area contributed by atoms with Gasteiger partial charge in [-0.3, -0.25) is 19.1 Å². The number of aryl methyl sites for hydroxylation is 3. The van der Waals surface area contributed by atoms with Crippen LogP contribution in [-0.4, -0.2) is 62.5 Å². The standard InChI is InChI=1S/C19H30N6O/c1-6-17-16(13-25(5)21-17)19(26)23(3)11-14-8-7-9-22(2)18(14)15-10-20-24(4)12-15/h10,12-14,18H,6-9,11H2,1-5H3/t14-,18+/m0/s1. The topological polar surface area (TPSA) is 59.2 Å². The maximum atomic E-state index is 13.0. The Kier molecular flexibility index (Phi) is 5.46. The first kappa shape index (κ1) is 18.6. The predicted octanol–water partition coefficient (Wildman–Crippen LogP) is 1.87. The molecule has 0 unspecified atom stereocenters. The zero-order valence-electron chi connectivity index (χ0n) is 16.5. The number of rotatable bonds is 5. The predicted molar refractivity (Wildman–Crippen MR) is 101 cm³/mol. The molecule has 0 N–H and O–H groups in total. The van der Waals surface area contributed by atoms with Crippen LogP contribution in [0.1, 0.15) is 47.4 Å². The van der Waals surface area contributed by atoms with Crippen LogP contribution in [0.15, 0.2) is 18.6 Å². The Morgan fingerprint density at radius 2 is 2.04 bits per heavy atom. The molecule has 0 radical (unpaired) electrons. The molecule has 0 spiro atoms. The van der Waals surface area contributed by atoms with E-state index in [-0.39, 0.29) is 5.91 Å². The number of hydrogen-bond donors (Lipinski definition) is 0. The van der Waals surface area contributed by atoms with E-state index in [0.29, 0.717) is 12.0 Å². The summed E-state index contributed by atoms with van der Waals surface area (Å²) in [5.41, 5.74) is 2.82. The van der Waals surface area contributed by atoms with Crippen molar-refractivity contribution in [3.8, 4) is 0 Å². The average Bonchev–Trinajstić information content (AvgIpc) is 3.19. The van der Waals surface area contributed by atoms with Gasteiger partial charge in [0.05, 0.1) is 17.5 Å². The van der Waals surface area contributed by atoms with Gasteiger partial charge in [0.25, 0.3) is 5.91 Å². The second-order valence-corrected chi connectivity index (χ2v) is 7.48. The fraction of sp³-hybridized carbons (Fsp3) is 0.632. The second kappa shape index (κ2) is 7.61. The largest absolute Gasteiger partial charge is 0.341 e. The minimum atomic E-state index is 0.0631. The van der Waals surface area contributed by atoms with Gasteiger partial charge in [0, 0.05) is 51.7 Å². The molecule has 2 aromatic rings. The van der Waals surface area contributed by atoms with Gasteiger partial charge < -0.3 is 4.90 Å². The lowest BCUT2D eigenvalue weighted by atomic mass is 9.85. The van der Waals surface area contributed by atoms with Gasteiger partial charge in [-0.05, 0) is 38.8 Å². The Bertz CT molecular complexity index is 764. The summed E-state index contributed by atoms with van der Waals surface area (Å²) in [7, 11) is 7.89. The molecule has 26 heavy (non-hydrogen) atoms. The number of hydrogen-bond acceptors (Lipinski definition) is 4. The summed E-state index contributed by atoms with van der Waals surface area (Å²) in [4.78, 5) is 17.2. The molecule has 2 atom stereocenters. The molecule has 142 valence electrons. The van der Waals surface area contributed by atoms with Crippen molar-refractivity contribution in [2.45, 2.75) is 32.2 Å². The quantitative estimate of drug-likeness (QED) is 0.819. The minimum absolute atomic E-state index is 0.0631. The summed E-state index contributed by atoms with van der Waals surface area (Å²) < 4.78 is 3.58. The first-order valence-corrected chi connectivity index (χ1v) is 9.37. The molecule has 0 aromatic carbocycles. The van der Waals surface area contributed by atoms with E-state index in [0.717, 1.165) is 43.6 Å². The molecule has 3 heterocycles. The molecule has 7 heteroatoms. The number of carbonyl (C=O) groups excluding carboxylic acids is 1. The average molecular weight is 358 g/mol. The third-order valence-corrected chi connectivity index (χ3v) is 5.40. The van der Waals surface area contributed by atoms with Gasteiger partial charge in [-0.2, -0.15) is 10.2 Å². The van der Waals surface area contributed by atoms with Crippen molar-refractivity contribution in [3.63, 3.8) is 0 Å². The molecule has 0 saturated carbocycles. The third-order valence-electron chi connectivity index (χ3n) is 5.40. The monoisotopic (exact) mass is 358 g/mol. The highest BCUT2D eigenvalue weighted by Gasteiger charge is 2.33. The zero-order valence-corrected chi connectivity index (χ0v) is 16.5. The molecular weight excluding hydrogens is 328 g/mol. The van der Waals surface area contributed by atoms with Crippen LogP contribution in [0.2, 0.25) is 0 Å². The fourth-order valence-electron chi connectivity index (χ4n) is 4.18. The van der Waals surface area contributed by atoms with E-state index in [1.54, 1.807) is 4.68 Å². The van der Waals surface area contributed by atoms with Crippen LogP contribution in [0.25, 0.3) is 0 Å². The number of piperidine rings is 1. The van der Waals surface area contributed by atoms with Crippen LogP contribution < -0.4 is 0 Å². The summed E-state index contributed by atoms with van der Waals surface area (Å²) in [6.45, 7) is 3.85. The van der Waals surface area contributed by atoms with Crippen LogP contribution in [0.3, 0.4) is 0 Å². The number of carbonyl (C=O) groups is 1. The summed E-state index contributed by atoms with van der Waals surface area (Å²) in [6.07, 6.45) is 8.93. The first-order valence-electron chi connectivity index (χ1n) is 9.37. The van der Waals surface area contributed by atoms with E-state index < -0.39 is 0 Å². The first-order chi connectivity index (χ1) is 12.4. The lowest BCUT2D eigenvalue weighted by molar-refractivity contribution is 0.0644. The van der Waals surface area contributed by atoms with E-state index >= 15 is 0 Å². The molecule has 3 rings (SSSR count). The van der Waals surface area contributed by atoms with E-state index in [2.05, 4.69) is 28.3 Å². The van der Waals surface area contributed by atoms with Crippen LogP contribution >= 0.6 is 0 Å². The van der Waals surface area contributed by atoms with Crippen molar-refractivity contribution in [2.75, 3.05) is 27.2 Å². The van der Waals surface area contributed by atoms with Crippen molar-refractivity contribution in [1.82, 2.24) is 29.4 Å². The summed E-state index contributed by atoms with van der Waals surface area (Å²) in [5.74, 6) is 0.460. The lowest BCUT2D eigenvalue weighted by Crippen LogP contribution is -2.42. The Morgan fingerprint density at radius 1 is 1.27 bits per heavy atom. The molecule has 2 aromatic heterocycles. The SMILES string of the molecule is CCc1nn(C)cc1C(=O)N(C)C[C@@H]1CCCN(C)[C@H]1c1cnn(C)c1. The van der Waals surface area contributed by atoms with Gasteiger partial charge in [0.15, 0.2) is 0 Å². The number of likely N-dealkylation sites (tertiary alicyclic amines) is 1. The van der Waals surface area contributed by atoms with Crippen molar-refractivity contribution in [1.29, 1.82) is 0 Å². The van der Waals surface area contributed by atoms with Crippen LogP contribution in [0, 0.1) is 5.92 Å². The Hall–Kier alpha value is -2.15. The lowest BCUT2D eigenvalue weighted by Gasteiger charge is -2.40. The van der Waals surface area contributed by atoms with Crippen molar-refractivity contribution >= 4 is 5.91 Å². The van der Waals surface area contributed by atoms with E-state index in [4.69, 9.17) is 0 Å². The molecule has 7 nitrogen and oxygen atoms in total. The molecule has 0 bridgehead atoms.